The van der Waals surface area contributed by atoms with Gasteiger partial charge in [0.2, 0.25) is 15.9 Å². The van der Waals surface area contributed by atoms with Crippen molar-refractivity contribution in [1.29, 1.82) is 0 Å². The first-order chi connectivity index (χ1) is 13.7. The van der Waals surface area contributed by atoms with Gasteiger partial charge in [0.25, 0.3) is 5.91 Å². The number of carbonyl (C=O) groups excluding carboxylic acids is 2. The number of nitrogens with one attached hydrogen (secondary N) is 1. The molecular formula is C21H25N3O4S. The van der Waals surface area contributed by atoms with Crippen LogP contribution in [0.15, 0.2) is 48.5 Å². The molecule has 0 aliphatic carbocycles. The highest BCUT2D eigenvalue weighted by atomic mass is 32.2. The quantitative estimate of drug-likeness (QED) is 0.781. The molecule has 8 heteroatoms. The van der Waals surface area contributed by atoms with Gasteiger partial charge in [-0.15, -0.1) is 0 Å². The third kappa shape index (κ3) is 4.65. The second-order valence-electron chi connectivity index (χ2n) is 7.37. The summed E-state index contributed by atoms with van der Waals surface area (Å²) in [6.45, 7) is 2.41. The molecule has 1 fully saturated rings. The van der Waals surface area contributed by atoms with Gasteiger partial charge in [-0.05, 0) is 44.8 Å². The maximum absolute atomic E-state index is 12.7. The van der Waals surface area contributed by atoms with Crippen molar-refractivity contribution < 1.29 is 18.0 Å². The molecule has 1 atom stereocenters. The van der Waals surface area contributed by atoms with Gasteiger partial charge < -0.3 is 10.2 Å². The van der Waals surface area contributed by atoms with Crippen molar-refractivity contribution >= 4 is 27.5 Å². The predicted octanol–water partition coefficient (Wildman–Crippen LogP) is 2.09. The number of amides is 2. The molecule has 1 saturated heterocycles. The van der Waals surface area contributed by atoms with Crippen molar-refractivity contribution in [2.45, 2.75) is 19.4 Å². The minimum Gasteiger partial charge on any atom is -0.350 e. The Bertz CT molecular complexity index is 1020. The average Bonchev–Trinajstić information content (AvgIpc) is 2.95. The summed E-state index contributed by atoms with van der Waals surface area (Å²) in [6, 6.07) is 14.3. The number of rotatable bonds is 6. The Morgan fingerprint density at radius 3 is 2.45 bits per heavy atom. The molecule has 0 aromatic heterocycles. The number of carbonyl (C=O) groups is 2. The Morgan fingerprint density at radius 1 is 1.17 bits per heavy atom. The molecule has 0 bridgehead atoms. The van der Waals surface area contributed by atoms with Gasteiger partial charge in [-0.25, -0.2) is 12.7 Å². The molecule has 0 radical (unpaired) electrons. The molecule has 1 unspecified atom stereocenters. The third-order valence-corrected chi connectivity index (χ3v) is 6.65. The molecule has 0 spiro atoms. The summed E-state index contributed by atoms with van der Waals surface area (Å²) < 4.78 is 25.0. The molecule has 154 valence electrons. The zero-order chi connectivity index (χ0) is 21.2. The Kier molecular flexibility index (Phi) is 6.04. The van der Waals surface area contributed by atoms with Crippen LogP contribution in [0.3, 0.4) is 0 Å². The first-order valence-corrected chi connectivity index (χ1v) is 11.0. The monoisotopic (exact) mass is 415 g/mol. The van der Waals surface area contributed by atoms with Crippen molar-refractivity contribution in [1.82, 2.24) is 10.2 Å². The minimum absolute atomic E-state index is 0.0109. The fraction of sp³-hybridized carbons (Fsp3) is 0.333. The number of nitrogens with zero attached hydrogens (tertiary/aromatic N) is 2. The molecule has 1 aliphatic rings. The van der Waals surface area contributed by atoms with Crippen molar-refractivity contribution in [3.63, 3.8) is 0 Å². The van der Waals surface area contributed by atoms with E-state index in [0.717, 1.165) is 9.87 Å². The Hall–Kier alpha value is -2.71. The average molecular weight is 416 g/mol. The van der Waals surface area contributed by atoms with Crippen LogP contribution in [0.25, 0.3) is 0 Å². The molecule has 1 N–H and O–H groups in total. The summed E-state index contributed by atoms with van der Waals surface area (Å²) >= 11 is 0. The van der Waals surface area contributed by atoms with Crippen LogP contribution in [-0.4, -0.2) is 51.5 Å². The van der Waals surface area contributed by atoms with Crippen LogP contribution in [0.1, 0.15) is 33.9 Å². The number of sulfonamides is 1. The normalized spacial score (nSPS) is 16.8. The molecule has 1 heterocycles. The summed E-state index contributed by atoms with van der Waals surface area (Å²) in [6.07, 6.45) is -0.0418. The molecule has 0 saturated carbocycles. The van der Waals surface area contributed by atoms with Crippen LogP contribution in [0, 0.1) is 6.92 Å². The van der Waals surface area contributed by atoms with Gasteiger partial charge in [0.05, 0.1) is 17.5 Å². The zero-order valence-electron chi connectivity index (χ0n) is 16.8. The van der Waals surface area contributed by atoms with E-state index in [0.29, 0.717) is 12.1 Å². The van der Waals surface area contributed by atoms with Gasteiger partial charge in [-0.2, -0.15) is 0 Å². The summed E-state index contributed by atoms with van der Waals surface area (Å²) in [5.41, 5.74) is 2.75. The van der Waals surface area contributed by atoms with Crippen LogP contribution in [0.5, 0.6) is 0 Å². The van der Waals surface area contributed by atoms with Crippen molar-refractivity contribution in [3.8, 4) is 0 Å². The maximum Gasteiger partial charge on any atom is 0.251 e. The van der Waals surface area contributed by atoms with Crippen LogP contribution in [0.2, 0.25) is 0 Å². The van der Waals surface area contributed by atoms with E-state index in [-0.39, 0.29) is 29.8 Å². The van der Waals surface area contributed by atoms with Gasteiger partial charge in [0.1, 0.15) is 0 Å². The Morgan fingerprint density at radius 2 is 1.86 bits per heavy atom. The van der Waals surface area contributed by atoms with Crippen LogP contribution >= 0.6 is 0 Å². The number of benzene rings is 2. The lowest BCUT2D eigenvalue weighted by Gasteiger charge is -2.25. The summed E-state index contributed by atoms with van der Waals surface area (Å²) in [7, 11) is 0.228. The molecule has 2 aromatic rings. The molecule has 3 rings (SSSR count). The summed E-state index contributed by atoms with van der Waals surface area (Å²) in [5, 5.41) is 2.91. The molecule has 1 aliphatic heterocycles. The lowest BCUT2D eigenvalue weighted by atomic mass is 10.0. The highest BCUT2D eigenvalue weighted by Gasteiger charge is 2.36. The van der Waals surface area contributed by atoms with Gasteiger partial charge in [-0.1, -0.05) is 35.9 Å². The van der Waals surface area contributed by atoms with E-state index in [1.54, 1.807) is 12.1 Å². The summed E-state index contributed by atoms with van der Waals surface area (Å²) in [5.74, 6) is -1.01. The minimum atomic E-state index is -3.66. The highest BCUT2D eigenvalue weighted by molar-refractivity contribution is 7.94. The van der Waals surface area contributed by atoms with Crippen LogP contribution in [0.4, 0.5) is 5.69 Å². The van der Waals surface area contributed by atoms with Gasteiger partial charge in [-0.3, -0.25) is 9.59 Å². The predicted molar refractivity (Wildman–Crippen MR) is 112 cm³/mol. The fourth-order valence-electron chi connectivity index (χ4n) is 3.32. The van der Waals surface area contributed by atoms with E-state index in [1.807, 2.05) is 50.2 Å². The topological polar surface area (TPSA) is 86.8 Å². The Labute approximate surface area is 171 Å². The zero-order valence-corrected chi connectivity index (χ0v) is 17.6. The Balaban J connectivity index is 1.75. The largest absolute Gasteiger partial charge is 0.350 e. The van der Waals surface area contributed by atoms with Crippen molar-refractivity contribution in [2.24, 2.45) is 0 Å². The van der Waals surface area contributed by atoms with Crippen LogP contribution < -0.4 is 9.62 Å². The smallest absolute Gasteiger partial charge is 0.251 e. The maximum atomic E-state index is 12.7. The van der Waals surface area contributed by atoms with E-state index >= 15 is 0 Å². The second-order valence-corrected chi connectivity index (χ2v) is 9.31. The molecule has 2 amide bonds. The summed E-state index contributed by atoms with van der Waals surface area (Å²) in [4.78, 5) is 26.7. The van der Waals surface area contributed by atoms with E-state index in [9.17, 15) is 18.0 Å². The standard InChI is InChI=1S/C21H25N3O4S/c1-15-7-9-16(10-8-15)19(23(2)3)14-22-21(26)17-5-4-6-18(13-17)24-20(25)11-12-29(24,27)28/h4-10,13,19H,11-12,14H2,1-3H3,(H,22,26). The molecule has 7 nitrogen and oxygen atoms in total. The molecular weight excluding hydrogens is 390 g/mol. The number of hydrogen-bond donors (Lipinski definition) is 1. The van der Waals surface area contributed by atoms with E-state index in [2.05, 4.69) is 5.32 Å². The number of hydrogen-bond acceptors (Lipinski definition) is 5. The van der Waals surface area contributed by atoms with Crippen molar-refractivity contribution in [3.05, 3.63) is 65.2 Å². The molecule has 29 heavy (non-hydrogen) atoms. The lowest BCUT2D eigenvalue weighted by molar-refractivity contribution is -0.116. The molecule has 2 aromatic carbocycles. The number of aryl methyl sites for hydroxylation is 1. The van der Waals surface area contributed by atoms with Gasteiger partial charge >= 0.3 is 0 Å². The van der Waals surface area contributed by atoms with E-state index < -0.39 is 15.9 Å². The second kappa shape index (κ2) is 8.34. The lowest BCUT2D eigenvalue weighted by Crippen LogP contribution is -2.35. The van der Waals surface area contributed by atoms with E-state index in [1.165, 1.54) is 17.7 Å². The van der Waals surface area contributed by atoms with Gasteiger partial charge in [0.15, 0.2) is 0 Å². The first kappa shape index (κ1) is 21.0. The first-order valence-electron chi connectivity index (χ1n) is 9.36. The van der Waals surface area contributed by atoms with E-state index in [4.69, 9.17) is 0 Å². The highest BCUT2D eigenvalue weighted by Crippen LogP contribution is 2.26. The van der Waals surface area contributed by atoms with Crippen molar-refractivity contribution in [2.75, 3.05) is 30.7 Å². The van der Waals surface area contributed by atoms with Crippen LogP contribution in [-0.2, 0) is 14.8 Å². The van der Waals surface area contributed by atoms with Gasteiger partial charge in [0, 0.05) is 18.5 Å². The SMILES string of the molecule is Cc1ccc(C(CNC(=O)c2cccc(N3C(=O)CCS3(=O)=O)c2)N(C)C)cc1. The number of anilines is 1. The number of likely N-dealkylation sites (N-methyl/N-ethyl adjacent to an activating group) is 1. The third-order valence-electron chi connectivity index (χ3n) is 4.96. The fourth-order valence-corrected chi connectivity index (χ4v) is 4.77.